The molecule has 1 unspecified atom stereocenters. The van der Waals surface area contributed by atoms with Gasteiger partial charge in [0.1, 0.15) is 10.6 Å². The number of ether oxygens (including phenoxy) is 1. The Labute approximate surface area is 196 Å². The molecule has 0 aromatic heterocycles. The highest BCUT2D eigenvalue weighted by molar-refractivity contribution is 7.89. The smallest absolute Gasteiger partial charge is 0.247 e. The molecule has 5 aliphatic rings. The molecule has 1 saturated heterocycles. The van der Waals surface area contributed by atoms with Crippen LogP contribution in [0.3, 0.4) is 0 Å². The molecular weight excluding hydrogens is 448 g/mol. The zero-order chi connectivity index (χ0) is 22.5. The fourth-order valence-electron chi connectivity index (χ4n) is 7.26. The summed E-state index contributed by atoms with van der Waals surface area (Å²) in [6.45, 7) is 0.804. The van der Waals surface area contributed by atoms with E-state index in [4.69, 9.17) is 16.3 Å². The van der Waals surface area contributed by atoms with E-state index in [1.807, 2.05) is 0 Å². The summed E-state index contributed by atoms with van der Waals surface area (Å²) >= 11 is 6.11. The summed E-state index contributed by atoms with van der Waals surface area (Å²) in [4.78, 5) is 13.5. The molecule has 4 saturated carbocycles. The van der Waals surface area contributed by atoms with E-state index in [9.17, 15) is 13.2 Å². The largest absolute Gasteiger partial charge is 0.495 e. The molecule has 0 radical (unpaired) electrons. The summed E-state index contributed by atoms with van der Waals surface area (Å²) in [5.41, 5.74) is -0.219. The molecule has 1 aromatic rings. The van der Waals surface area contributed by atoms with E-state index >= 15 is 0 Å². The standard InChI is InChI=1S/C24H33ClN2O4S/c1-31-21-6-5-19(25)11-22(21)32(29,30)27-7-3-2-4-20(27)15-26-23(28)24-12-16-8-17(13-24)10-18(9-16)14-24/h5-6,11,16-18,20H,2-4,7-10,12-15H2,1H3,(H,26,28). The fraction of sp³-hybridized carbons (Fsp3) is 0.708. The number of hydrogen-bond donors (Lipinski definition) is 1. The van der Waals surface area contributed by atoms with Gasteiger partial charge in [0.15, 0.2) is 0 Å². The van der Waals surface area contributed by atoms with Gasteiger partial charge >= 0.3 is 0 Å². The van der Waals surface area contributed by atoms with Crippen LogP contribution in [0.5, 0.6) is 5.75 Å². The van der Waals surface area contributed by atoms with Gasteiger partial charge in [0.05, 0.1) is 7.11 Å². The highest BCUT2D eigenvalue weighted by atomic mass is 35.5. The zero-order valence-electron chi connectivity index (χ0n) is 18.7. The van der Waals surface area contributed by atoms with Crippen molar-refractivity contribution in [2.75, 3.05) is 20.2 Å². The van der Waals surface area contributed by atoms with E-state index in [1.54, 1.807) is 16.4 Å². The molecule has 1 aliphatic heterocycles. The van der Waals surface area contributed by atoms with Gasteiger partial charge in [-0.1, -0.05) is 18.0 Å². The van der Waals surface area contributed by atoms with Crippen LogP contribution in [0.1, 0.15) is 57.8 Å². The van der Waals surface area contributed by atoms with Crippen LogP contribution in [-0.2, 0) is 14.8 Å². The maximum atomic E-state index is 13.6. The summed E-state index contributed by atoms with van der Waals surface area (Å²) in [6, 6.07) is 4.41. The summed E-state index contributed by atoms with van der Waals surface area (Å²) in [6.07, 6.45) is 9.42. The van der Waals surface area contributed by atoms with Crippen molar-refractivity contribution in [3.05, 3.63) is 23.2 Å². The number of benzene rings is 1. The highest BCUT2D eigenvalue weighted by Crippen LogP contribution is 2.60. The van der Waals surface area contributed by atoms with E-state index in [0.29, 0.717) is 35.9 Å². The van der Waals surface area contributed by atoms with Crippen LogP contribution in [0.25, 0.3) is 0 Å². The Bertz CT molecular complexity index is 960. The number of nitrogens with zero attached hydrogens (tertiary/aromatic N) is 1. The third-order valence-corrected chi connectivity index (χ3v) is 10.5. The van der Waals surface area contributed by atoms with Crippen molar-refractivity contribution < 1.29 is 17.9 Å². The molecule has 1 amide bonds. The Morgan fingerprint density at radius 1 is 1.16 bits per heavy atom. The van der Waals surface area contributed by atoms with E-state index in [1.165, 1.54) is 32.4 Å². The molecule has 1 atom stereocenters. The summed E-state index contributed by atoms with van der Waals surface area (Å²) < 4.78 is 34.0. The molecule has 176 valence electrons. The Kier molecular flexibility index (Phi) is 5.96. The van der Waals surface area contributed by atoms with Crippen molar-refractivity contribution in [2.24, 2.45) is 23.2 Å². The lowest BCUT2D eigenvalue weighted by Gasteiger charge is -2.55. The van der Waals surface area contributed by atoms with Crippen LogP contribution >= 0.6 is 11.6 Å². The molecule has 1 aromatic carbocycles. The van der Waals surface area contributed by atoms with Crippen LogP contribution < -0.4 is 10.1 Å². The van der Waals surface area contributed by atoms with Gasteiger partial charge in [0.25, 0.3) is 0 Å². The summed E-state index contributed by atoms with van der Waals surface area (Å²) in [7, 11) is -2.34. The number of amides is 1. The molecule has 32 heavy (non-hydrogen) atoms. The molecule has 6 rings (SSSR count). The first-order chi connectivity index (χ1) is 15.3. The number of rotatable bonds is 6. The van der Waals surface area contributed by atoms with Crippen molar-refractivity contribution in [1.29, 1.82) is 0 Å². The van der Waals surface area contributed by atoms with Crippen LogP contribution in [-0.4, -0.2) is 44.9 Å². The average molecular weight is 481 g/mol. The van der Waals surface area contributed by atoms with Crippen LogP contribution in [0.15, 0.2) is 23.1 Å². The number of piperidine rings is 1. The molecule has 1 N–H and O–H groups in total. The molecule has 0 spiro atoms. The van der Waals surface area contributed by atoms with Gasteiger partial charge in [-0.2, -0.15) is 4.31 Å². The number of hydrogen-bond acceptors (Lipinski definition) is 4. The number of carbonyl (C=O) groups is 1. The number of nitrogens with one attached hydrogen (secondary N) is 1. The van der Waals surface area contributed by atoms with Gasteiger partial charge in [0.2, 0.25) is 15.9 Å². The molecule has 8 heteroatoms. The Morgan fingerprint density at radius 2 is 1.81 bits per heavy atom. The first-order valence-corrected chi connectivity index (χ1v) is 13.8. The molecular formula is C24H33ClN2O4S. The van der Waals surface area contributed by atoms with E-state index in [0.717, 1.165) is 38.5 Å². The molecule has 4 aliphatic carbocycles. The summed E-state index contributed by atoms with van der Waals surface area (Å²) in [5, 5.41) is 3.56. The SMILES string of the molecule is COc1ccc(Cl)cc1S(=O)(=O)N1CCCCC1CNC(=O)C12CC3CC(CC(C3)C1)C2. The van der Waals surface area contributed by atoms with Gasteiger partial charge < -0.3 is 10.1 Å². The third kappa shape index (κ3) is 3.94. The summed E-state index contributed by atoms with van der Waals surface area (Å²) in [5.74, 6) is 2.55. The maximum absolute atomic E-state index is 13.6. The first kappa shape index (κ1) is 22.5. The van der Waals surface area contributed by atoms with Gasteiger partial charge in [-0.25, -0.2) is 8.42 Å². The predicted octanol–water partition coefficient (Wildman–Crippen LogP) is 4.22. The molecule has 1 heterocycles. The molecule has 4 bridgehead atoms. The predicted molar refractivity (Wildman–Crippen MR) is 123 cm³/mol. The third-order valence-electron chi connectivity index (χ3n) is 8.30. The highest BCUT2D eigenvalue weighted by Gasteiger charge is 2.54. The average Bonchev–Trinajstić information content (AvgIpc) is 2.76. The van der Waals surface area contributed by atoms with Gasteiger partial charge in [0, 0.05) is 29.6 Å². The lowest BCUT2D eigenvalue weighted by atomic mass is 9.49. The Balaban J connectivity index is 1.32. The van der Waals surface area contributed by atoms with Crippen molar-refractivity contribution in [1.82, 2.24) is 9.62 Å². The molecule has 6 nitrogen and oxygen atoms in total. The van der Waals surface area contributed by atoms with Crippen molar-refractivity contribution in [3.63, 3.8) is 0 Å². The number of carbonyl (C=O) groups excluding carboxylic acids is 1. The van der Waals surface area contributed by atoms with Gasteiger partial charge in [-0.15, -0.1) is 0 Å². The van der Waals surface area contributed by atoms with E-state index < -0.39 is 10.0 Å². The normalized spacial score (nSPS) is 34.4. The minimum Gasteiger partial charge on any atom is -0.495 e. The fourth-order valence-corrected chi connectivity index (χ4v) is 9.37. The number of methoxy groups -OCH3 is 1. The second kappa shape index (κ2) is 8.48. The van der Waals surface area contributed by atoms with E-state index in [-0.39, 0.29) is 28.0 Å². The number of halogens is 1. The van der Waals surface area contributed by atoms with Crippen molar-refractivity contribution in [3.8, 4) is 5.75 Å². The quantitative estimate of drug-likeness (QED) is 0.661. The Hall–Kier alpha value is -1.31. The van der Waals surface area contributed by atoms with Crippen LogP contribution in [0.4, 0.5) is 0 Å². The van der Waals surface area contributed by atoms with Crippen LogP contribution in [0.2, 0.25) is 5.02 Å². The minimum atomic E-state index is -3.80. The first-order valence-electron chi connectivity index (χ1n) is 11.9. The second-order valence-corrected chi connectivity index (χ2v) is 12.8. The van der Waals surface area contributed by atoms with Crippen LogP contribution in [0, 0.1) is 23.2 Å². The lowest BCUT2D eigenvalue weighted by Crippen LogP contribution is -2.56. The number of sulfonamides is 1. The van der Waals surface area contributed by atoms with Crippen molar-refractivity contribution in [2.45, 2.75) is 68.7 Å². The maximum Gasteiger partial charge on any atom is 0.247 e. The molecule has 5 fully saturated rings. The van der Waals surface area contributed by atoms with Gasteiger partial charge in [-0.05, 0) is 87.3 Å². The second-order valence-electron chi connectivity index (χ2n) is 10.5. The zero-order valence-corrected chi connectivity index (χ0v) is 20.3. The topological polar surface area (TPSA) is 75.7 Å². The van der Waals surface area contributed by atoms with Crippen molar-refractivity contribution >= 4 is 27.5 Å². The minimum absolute atomic E-state index is 0.0896. The van der Waals surface area contributed by atoms with Gasteiger partial charge in [-0.3, -0.25) is 4.79 Å². The Morgan fingerprint density at radius 3 is 2.44 bits per heavy atom. The van der Waals surface area contributed by atoms with E-state index in [2.05, 4.69) is 5.32 Å². The lowest BCUT2D eigenvalue weighted by molar-refractivity contribution is -0.146. The monoisotopic (exact) mass is 480 g/mol.